The number of nitrogens with one attached hydrogen (secondary N) is 1. The largest absolute Gasteiger partial charge is 0.459 e. The highest BCUT2D eigenvalue weighted by atomic mass is 35.5. The topological polar surface area (TPSA) is 54.7 Å². The van der Waals surface area contributed by atoms with E-state index >= 15 is 0 Å². The predicted octanol–water partition coefficient (Wildman–Crippen LogP) is 5.29. The van der Waals surface area contributed by atoms with Crippen molar-refractivity contribution in [1.82, 2.24) is 4.90 Å². The quantitative estimate of drug-likeness (QED) is 0.597. The molecule has 1 aromatic carbocycles. The normalized spacial score (nSPS) is 16.0. The minimum absolute atomic E-state index is 0.00742. The van der Waals surface area contributed by atoms with Crippen molar-refractivity contribution >= 4 is 33.8 Å². The van der Waals surface area contributed by atoms with E-state index in [2.05, 4.69) is 36.2 Å². The average molecular weight is 431 g/mol. The Balaban J connectivity index is 1.77. The van der Waals surface area contributed by atoms with E-state index in [1.165, 1.54) is 16.7 Å². The number of morpholine rings is 1. The Bertz CT molecular complexity index is 976. The summed E-state index contributed by atoms with van der Waals surface area (Å²) in [5.41, 5.74) is 3.46. The minimum atomic E-state index is -0.241. The second-order valence-electron chi connectivity index (χ2n) is 7.06. The van der Waals surface area contributed by atoms with Gasteiger partial charge in [0.1, 0.15) is 5.00 Å². The molecule has 1 amide bonds. The van der Waals surface area contributed by atoms with E-state index in [0.717, 1.165) is 29.2 Å². The van der Waals surface area contributed by atoms with Gasteiger partial charge in [-0.15, -0.1) is 11.3 Å². The van der Waals surface area contributed by atoms with E-state index in [9.17, 15) is 4.79 Å². The van der Waals surface area contributed by atoms with Gasteiger partial charge in [0.05, 0.1) is 25.5 Å². The van der Waals surface area contributed by atoms with Gasteiger partial charge in [-0.3, -0.25) is 9.69 Å². The van der Waals surface area contributed by atoms with Crippen LogP contribution in [0.4, 0.5) is 5.00 Å². The number of carbonyl (C=O) groups excluding carboxylic acids is 1. The van der Waals surface area contributed by atoms with E-state index in [1.807, 2.05) is 12.1 Å². The van der Waals surface area contributed by atoms with Gasteiger partial charge in [-0.1, -0.05) is 23.7 Å². The first-order chi connectivity index (χ1) is 14.0. The summed E-state index contributed by atoms with van der Waals surface area (Å²) in [7, 11) is 0. The van der Waals surface area contributed by atoms with Crippen LogP contribution in [0.3, 0.4) is 0 Å². The number of halogens is 1. The lowest BCUT2D eigenvalue weighted by molar-refractivity contribution is 0.0240. The molecule has 4 rings (SSSR count). The van der Waals surface area contributed by atoms with Crippen LogP contribution in [0.1, 0.15) is 38.2 Å². The van der Waals surface area contributed by atoms with Gasteiger partial charge in [-0.2, -0.15) is 0 Å². The highest BCUT2D eigenvalue weighted by Crippen LogP contribution is 2.42. The summed E-state index contributed by atoms with van der Waals surface area (Å²) in [6.45, 7) is 7.25. The van der Waals surface area contributed by atoms with Crippen LogP contribution in [-0.4, -0.2) is 37.1 Å². The lowest BCUT2D eigenvalue weighted by Crippen LogP contribution is -2.39. The monoisotopic (exact) mass is 430 g/mol. The van der Waals surface area contributed by atoms with Gasteiger partial charge in [0.15, 0.2) is 5.76 Å². The number of nitrogens with zero attached hydrogens (tertiary/aromatic N) is 1. The first-order valence-electron chi connectivity index (χ1n) is 9.56. The summed E-state index contributed by atoms with van der Waals surface area (Å²) < 4.78 is 10.8. The molecule has 0 saturated carbocycles. The number of anilines is 1. The van der Waals surface area contributed by atoms with Crippen molar-refractivity contribution < 1.29 is 13.9 Å². The van der Waals surface area contributed by atoms with Gasteiger partial charge < -0.3 is 14.5 Å². The fourth-order valence-electron chi connectivity index (χ4n) is 3.68. The Morgan fingerprint density at radius 1 is 1.17 bits per heavy atom. The summed E-state index contributed by atoms with van der Waals surface area (Å²) >= 11 is 7.74. The van der Waals surface area contributed by atoms with Crippen LogP contribution in [0.15, 0.2) is 47.1 Å². The Morgan fingerprint density at radius 3 is 2.55 bits per heavy atom. The number of carbonyl (C=O) groups is 1. The molecule has 152 valence electrons. The maximum absolute atomic E-state index is 12.7. The lowest BCUT2D eigenvalue weighted by atomic mass is 9.94. The van der Waals surface area contributed by atoms with Crippen molar-refractivity contribution in [2.45, 2.75) is 19.9 Å². The number of thiophene rings is 1. The standard InChI is InChI=1S/C22H23ClN2O3S/c1-14-15(2)29-22(24-21(26)18-4-3-11-28-18)19(14)20(25-9-12-27-13-10-25)16-5-7-17(23)8-6-16/h3-8,11,20H,9-10,12-13H2,1-2H3,(H,24,26)/t20-/m0/s1. The number of ether oxygens (including phenoxy) is 1. The van der Waals surface area contributed by atoms with Gasteiger partial charge in [-0.25, -0.2) is 0 Å². The number of hydrogen-bond donors (Lipinski definition) is 1. The summed E-state index contributed by atoms with van der Waals surface area (Å²) in [6.07, 6.45) is 1.50. The van der Waals surface area contributed by atoms with E-state index in [1.54, 1.807) is 23.5 Å². The van der Waals surface area contributed by atoms with Gasteiger partial charge in [-0.05, 0) is 49.2 Å². The zero-order valence-electron chi connectivity index (χ0n) is 16.4. The van der Waals surface area contributed by atoms with Gasteiger partial charge in [0.25, 0.3) is 5.91 Å². The van der Waals surface area contributed by atoms with Gasteiger partial charge in [0.2, 0.25) is 0 Å². The molecule has 1 atom stereocenters. The third kappa shape index (κ3) is 4.26. The molecule has 29 heavy (non-hydrogen) atoms. The molecular formula is C22H23ClN2O3S. The second-order valence-corrected chi connectivity index (χ2v) is 8.72. The molecule has 1 aliphatic rings. The van der Waals surface area contributed by atoms with E-state index in [4.69, 9.17) is 20.8 Å². The van der Waals surface area contributed by atoms with Crippen LogP contribution >= 0.6 is 22.9 Å². The van der Waals surface area contributed by atoms with Gasteiger partial charge >= 0.3 is 0 Å². The van der Waals surface area contributed by atoms with Crippen LogP contribution in [0.2, 0.25) is 5.02 Å². The molecule has 3 aromatic rings. The molecule has 2 aromatic heterocycles. The highest BCUT2D eigenvalue weighted by Gasteiger charge is 2.30. The Labute approximate surface area is 179 Å². The third-order valence-corrected chi connectivity index (χ3v) is 6.66. The number of rotatable bonds is 5. The number of amides is 1. The first-order valence-corrected chi connectivity index (χ1v) is 10.8. The molecule has 0 aliphatic carbocycles. The number of hydrogen-bond acceptors (Lipinski definition) is 5. The minimum Gasteiger partial charge on any atom is -0.459 e. The third-order valence-electron chi connectivity index (χ3n) is 5.27. The zero-order chi connectivity index (χ0) is 20.4. The fourth-order valence-corrected chi connectivity index (χ4v) is 4.89. The van der Waals surface area contributed by atoms with E-state index in [0.29, 0.717) is 24.0 Å². The molecule has 1 saturated heterocycles. The smallest absolute Gasteiger partial charge is 0.291 e. The molecule has 0 bridgehead atoms. The van der Waals surface area contributed by atoms with Crippen LogP contribution in [0.25, 0.3) is 0 Å². The Hall–Kier alpha value is -2.12. The SMILES string of the molecule is Cc1sc(NC(=O)c2ccco2)c([C@H](c2ccc(Cl)cc2)N2CCOCC2)c1C. The van der Waals surface area contributed by atoms with Crippen molar-refractivity contribution in [2.24, 2.45) is 0 Å². The van der Waals surface area contributed by atoms with Crippen LogP contribution in [0.5, 0.6) is 0 Å². The second kappa shape index (κ2) is 8.71. The number of aryl methyl sites for hydroxylation is 1. The van der Waals surface area contributed by atoms with Crippen molar-refractivity contribution in [3.63, 3.8) is 0 Å². The predicted molar refractivity (Wildman–Crippen MR) is 116 cm³/mol. The Kier molecular flexibility index (Phi) is 6.06. The molecule has 1 N–H and O–H groups in total. The van der Waals surface area contributed by atoms with Crippen molar-refractivity contribution in [3.05, 3.63) is 75.0 Å². The molecule has 7 heteroatoms. The molecule has 1 fully saturated rings. The first kappa shape index (κ1) is 20.2. The van der Waals surface area contributed by atoms with Crippen molar-refractivity contribution in [3.8, 4) is 0 Å². The van der Waals surface area contributed by atoms with Crippen molar-refractivity contribution in [1.29, 1.82) is 0 Å². The lowest BCUT2D eigenvalue weighted by Gasteiger charge is -2.35. The van der Waals surface area contributed by atoms with Crippen LogP contribution in [-0.2, 0) is 4.74 Å². The molecule has 0 radical (unpaired) electrons. The number of furan rings is 1. The van der Waals surface area contributed by atoms with Gasteiger partial charge in [0, 0.05) is 28.6 Å². The maximum Gasteiger partial charge on any atom is 0.291 e. The van der Waals surface area contributed by atoms with E-state index < -0.39 is 0 Å². The summed E-state index contributed by atoms with van der Waals surface area (Å²) in [4.78, 5) is 16.3. The van der Waals surface area contributed by atoms with Crippen LogP contribution < -0.4 is 5.32 Å². The molecule has 0 unspecified atom stereocenters. The molecule has 0 spiro atoms. The number of benzene rings is 1. The summed E-state index contributed by atoms with van der Waals surface area (Å²) in [5, 5.41) is 4.64. The zero-order valence-corrected chi connectivity index (χ0v) is 18.0. The highest BCUT2D eigenvalue weighted by molar-refractivity contribution is 7.16. The van der Waals surface area contributed by atoms with Crippen molar-refractivity contribution in [2.75, 3.05) is 31.6 Å². The molecule has 3 heterocycles. The molecular weight excluding hydrogens is 408 g/mol. The summed E-state index contributed by atoms with van der Waals surface area (Å²) in [5.74, 6) is 0.0587. The Morgan fingerprint density at radius 2 is 1.90 bits per heavy atom. The summed E-state index contributed by atoms with van der Waals surface area (Å²) in [6, 6.07) is 11.3. The molecule has 1 aliphatic heterocycles. The fraction of sp³-hybridized carbons (Fsp3) is 0.318. The van der Waals surface area contributed by atoms with E-state index in [-0.39, 0.29) is 11.9 Å². The van der Waals surface area contributed by atoms with Crippen LogP contribution in [0, 0.1) is 13.8 Å². The average Bonchev–Trinajstić information content (AvgIpc) is 3.35. The molecule has 5 nitrogen and oxygen atoms in total. The maximum atomic E-state index is 12.7.